The second-order valence-electron chi connectivity index (χ2n) is 1.34. The fourth-order valence-electron chi connectivity index (χ4n) is 0. The zero-order valence-corrected chi connectivity index (χ0v) is 11.0. The molecule has 16 heteroatoms. The summed E-state index contributed by atoms with van der Waals surface area (Å²) in [5.74, 6) is 0. The van der Waals surface area contributed by atoms with Crippen molar-refractivity contribution in [3.05, 3.63) is 0 Å². The van der Waals surface area contributed by atoms with Crippen LogP contribution in [0.4, 0.5) is 0 Å². The Hall–Kier alpha value is 1.04. The molecule has 0 spiro atoms. The third-order valence-corrected chi connectivity index (χ3v) is 0. The predicted molar refractivity (Wildman–Crippen MR) is 22.8 cm³/mol. The summed E-state index contributed by atoms with van der Waals surface area (Å²) in [6, 6.07) is 0. The van der Waals surface area contributed by atoms with Gasteiger partial charge >= 0.3 is 21.7 Å². The van der Waals surface area contributed by atoms with E-state index in [9.17, 15) is 0 Å². The van der Waals surface area contributed by atoms with Gasteiger partial charge in [-0.15, -0.1) is 0 Å². The smallest absolute Gasteiger partial charge is 0.822 e. The first-order chi connectivity index (χ1) is 6.00. The van der Waals surface area contributed by atoms with Gasteiger partial charge in [-0.1, -0.05) is 0 Å². The van der Waals surface area contributed by atoms with Crippen LogP contribution in [0.25, 0.3) is 0 Å². The van der Waals surface area contributed by atoms with E-state index in [2.05, 4.69) is 0 Å². The molecule has 0 unspecified atom stereocenters. The Morgan fingerprint density at radius 1 is 0.438 bits per heavy atom. The Kier molecular flexibility index (Phi) is 16.1. The first-order valence-corrected chi connectivity index (χ1v) is 6.57. The Balaban J connectivity index is -0.0000000655. The number of rotatable bonds is 0. The van der Waals surface area contributed by atoms with Crippen LogP contribution < -0.4 is 44.0 Å². The Labute approximate surface area is 103 Å². The molecule has 0 saturated carbocycles. The van der Waals surface area contributed by atoms with E-state index < -0.39 is 23.5 Å². The second kappa shape index (κ2) is 10.0. The van der Waals surface area contributed by atoms with Crippen LogP contribution in [0.1, 0.15) is 0 Å². The van der Waals surface area contributed by atoms with Crippen LogP contribution in [0.3, 0.4) is 0 Å². The van der Waals surface area contributed by atoms with E-state index in [1.54, 1.807) is 0 Å². The molecule has 0 amide bonds. The molecule has 0 fully saturated rings. The van der Waals surface area contributed by atoms with Gasteiger partial charge in [0.25, 0.3) is 0 Å². The van der Waals surface area contributed by atoms with Gasteiger partial charge in [-0.3, -0.25) is 0 Å². The number of hydrogen-bond donors (Lipinski definition) is 0. The van der Waals surface area contributed by atoms with E-state index in [1.165, 1.54) is 0 Å². The summed E-state index contributed by atoms with van der Waals surface area (Å²) in [5.41, 5.74) is 0. The van der Waals surface area contributed by atoms with Gasteiger partial charge in [-0.2, -0.15) is 23.5 Å². The van der Waals surface area contributed by atoms with Crippen molar-refractivity contribution >= 4 is 23.5 Å². The van der Waals surface area contributed by atoms with Gasteiger partial charge in [-0.05, 0) is 0 Å². The normalized spacial score (nSPS) is 11.1. The summed E-state index contributed by atoms with van der Waals surface area (Å²) in [7, 11) is -16.2. The number of hydrogen-bond acceptors (Lipinski definition) is 12. The van der Waals surface area contributed by atoms with Crippen molar-refractivity contribution in [1.29, 1.82) is 0 Å². The van der Waals surface area contributed by atoms with Gasteiger partial charge in [-0.25, -0.2) is 0 Å². The predicted octanol–water partition coefficient (Wildman–Crippen LogP) is -8.48. The van der Waals surface area contributed by atoms with Crippen LogP contribution in [0.5, 0.6) is 0 Å². The van der Waals surface area contributed by atoms with E-state index in [4.69, 9.17) is 57.7 Å². The minimum Gasteiger partial charge on any atom is -0.822 e. The molecule has 0 atom stereocenters. The van der Waals surface area contributed by atoms with Gasteiger partial charge in [0, 0.05) is 0 Å². The van der Waals surface area contributed by atoms with Gasteiger partial charge < -0.3 is 57.7 Å². The van der Waals surface area contributed by atoms with Gasteiger partial charge in [0.15, 0.2) is 0 Å². The number of phosphoric acid groups is 3. The van der Waals surface area contributed by atoms with Crippen molar-refractivity contribution < 1.29 is 79.5 Å². The van der Waals surface area contributed by atoms with Crippen molar-refractivity contribution in [3.8, 4) is 0 Å². The van der Waals surface area contributed by atoms with E-state index in [1.807, 2.05) is 0 Å². The van der Waals surface area contributed by atoms with Crippen LogP contribution in [0, 0.1) is 0 Å². The molecule has 12 nitrogen and oxygen atoms in total. The molecule has 0 rings (SSSR count). The summed E-state index contributed by atoms with van der Waals surface area (Å²) in [6.45, 7) is 0. The van der Waals surface area contributed by atoms with E-state index >= 15 is 0 Å². The molecule has 0 aromatic carbocycles. The molecule has 0 bridgehead atoms. The average molecular weight is 333 g/mol. The van der Waals surface area contributed by atoms with Crippen LogP contribution in [0.2, 0.25) is 0 Å². The van der Waals surface area contributed by atoms with E-state index in [0.717, 1.165) is 0 Å². The summed E-state index contributed by atoms with van der Waals surface area (Å²) in [4.78, 5) is 76.9. The van der Waals surface area contributed by atoms with Crippen LogP contribution in [-0.2, 0) is 35.4 Å². The first kappa shape index (κ1) is 25.8. The van der Waals surface area contributed by atoms with Crippen molar-refractivity contribution in [2.24, 2.45) is 0 Å². The molecule has 0 N–H and O–H groups in total. The molecule has 0 aromatic rings. The Morgan fingerprint density at radius 2 is 0.438 bits per heavy atom. The van der Waals surface area contributed by atoms with Gasteiger partial charge in [0.2, 0.25) is 0 Å². The van der Waals surface area contributed by atoms with Crippen LogP contribution in [-0.4, -0.2) is 0 Å². The fraction of sp³-hybridized carbons (Fsp3) is 0. The maximum Gasteiger partial charge on any atom is 2.00 e. The zero-order valence-electron chi connectivity index (χ0n) is 6.74. The summed E-state index contributed by atoms with van der Waals surface area (Å²) >= 11 is 0. The molecular formula is O12P3Ti-7. The molecular weight excluding hydrogens is 333 g/mol. The maximum atomic E-state index is 8.55. The Bertz CT molecular complexity index is 202. The summed E-state index contributed by atoms with van der Waals surface area (Å²) in [5, 5.41) is 0. The monoisotopic (exact) mass is 333 g/mol. The van der Waals surface area contributed by atoms with Gasteiger partial charge in [0.05, 0.1) is 0 Å². The maximum absolute atomic E-state index is 8.55. The molecule has 0 aliphatic rings. The third kappa shape index (κ3) is 2720. The molecule has 16 heavy (non-hydrogen) atoms. The Morgan fingerprint density at radius 3 is 0.438 bits per heavy atom. The molecule has 98 valence electrons. The quantitative estimate of drug-likeness (QED) is 0.295. The van der Waals surface area contributed by atoms with E-state index in [-0.39, 0.29) is 21.7 Å². The van der Waals surface area contributed by atoms with Crippen molar-refractivity contribution in [1.82, 2.24) is 0 Å². The second-order valence-corrected chi connectivity index (χ2v) is 4.02. The third-order valence-electron chi connectivity index (χ3n) is 0. The molecule has 0 radical (unpaired) electrons. The van der Waals surface area contributed by atoms with Crippen LogP contribution in [0.15, 0.2) is 0 Å². The van der Waals surface area contributed by atoms with E-state index in [0.29, 0.717) is 0 Å². The van der Waals surface area contributed by atoms with Crippen LogP contribution >= 0.6 is 23.5 Å². The largest absolute Gasteiger partial charge is 2.00 e. The van der Waals surface area contributed by atoms with Crippen molar-refractivity contribution in [3.63, 3.8) is 0 Å². The SMILES string of the molecule is O=P([O-])([O-])[O-].O=P([O-])([O-])[O-].O=P([O-])([O-])[O-].[Ti+2]. The zero-order chi connectivity index (χ0) is 13.5. The van der Waals surface area contributed by atoms with Crippen molar-refractivity contribution in [2.45, 2.75) is 0 Å². The average Bonchev–Trinajstić information content (AvgIpc) is 1.41. The fourth-order valence-corrected chi connectivity index (χ4v) is 0. The minimum atomic E-state index is -5.39. The topological polar surface area (TPSA) is 259 Å². The molecule has 0 aliphatic heterocycles. The summed E-state index contributed by atoms with van der Waals surface area (Å²) in [6.07, 6.45) is 0. The molecule has 0 aliphatic carbocycles. The first-order valence-electron chi connectivity index (χ1n) is 2.19. The minimum absolute atomic E-state index is 0. The summed E-state index contributed by atoms with van der Waals surface area (Å²) < 4.78 is 25.6. The molecule has 0 saturated heterocycles. The molecule has 0 aromatic heterocycles. The van der Waals surface area contributed by atoms with Gasteiger partial charge in [0.1, 0.15) is 0 Å². The molecule has 0 heterocycles. The van der Waals surface area contributed by atoms with Crippen molar-refractivity contribution in [2.75, 3.05) is 0 Å². The standard InChI is InChI=1S/3H3O4P.Ti/c3*1-5(2,3)4;/h3*(H3,1,2,3,4);/q;;;+2/p-9.